The molecule has 3 heteroatoms. The fourth-order valence-corrected chi connectivity index (χ4v) is 6.56. The van der Waals surface area contributed by atoms with Gasteiger partial charge in [-0.3, -0.25) is 0 Å². The zero-order valence-electron chi connectivity index (χ0n) is 12.4. The fourth-order valence-electron chi connectivity index (χ4n) is 2.82. The predicted molar refractivity (Wildman–Crippen MR) is 81.9 cm³/mol. The van der Waals surface area contributed by atoms with Crippen molar-refractivity contribution in [3.05, 3.63) is 29.8 Å². The molecule has 2 nitrogen and oxygen atoms in total. The highest BCUT2D eigenvalue weighted by molar-refractivity contribution is 7.71. The average molecular weight is 280 g/mol. The van der Waals surface area contributed by atoms with Crippen LogP contribution in [0.25, 0.3) is 0 Å². The van der Waals surface area contributed by atoms with Gasteiger partial charge in [0.1, 0.15) is 7.14 Å². The van der Waals surface area contributed by atoms with Crippen molar-refractivity contribution in [2.45, 2.75) is 45.6 Å². The molecule has 1 heterocycles. The maximum Gasteiger partial charge on any atom is 0.118 e. The Hall–Kier alpha value is -0.590. The van der Waals surface area contributed by atoms with E-state index in [9.17, 15) is 9.67 Å². The molecule has 1 aromatic carbocycles. The minimum Gasteiger partial charge on any atom is -0.392 e. The third kappa shape index (κ3) is 2.80. The van der Waals surface area contributed by atoms with Crippen LogP contribution in [0.5, 0.6) is 0 Å². The summed E-state index contributed by atoms with van der Waals surface area (Å²) in [5, 5.41) is 11.1. The largest absolute Gasteiger partial charge is 0.392 e. The second kappa shape index (κ2) is 5.07. The van der Waals surface area contributed by atoms with Gasteiger partial charge in [0.2, 0.25) is 0 Å². The van der Waals surface area contributed by atoms with Gasteiger partial charge in [0, 0.05) is 17.6 Å². The Morgan fingerprint density at radius 3 is 2.58 bits per heavy atom. The molecule has 2 atom stereocenters. The van der Waals surface area contributed by atoms with Crippen LogP contribution in [-0.4, -0.2) is 23.5 Å². The van der Waals surface area contributed by atoms with E-state index in [1.165, 1.54) is 5.56 Å². The summed E-state index contributed by atoms with van der Waals surface area (Å²) in [6.07, 6.45) is 1.62. The first kappa shape index (κ1) is 14.8. The molecule has 0 bridgehead atoms. The number of benzene rings is 1. The van der Waals surface area contributed by atoms with Crippen molar-refractivity contribution in [1.29, 1.82) is 0 Å². The van der Waals surface area contributed by atoms with Crippen molar-refractivity contribution < 1.29 is 9.67 Å². The first-order chi connectivity index (χ1) is 8.76. The van der Waals surface area contributed by atoms with Gasteiger partial charge >= 0.3 is 0 Å². The highest BCUT2D eigenvalue weighted by Gasteiger charge is 2.40. The van der Waals surface area contributed by atoms with E-state index in [-0.39, 0.29) is 11.3 Å². The van der Waals surface area contributed by atoms with E-state index in [1.54, 1.807) is 0 Å². The molecule has 1 aliphatic rings. The smallest absolute Gasteiger partial charge is 0.118 e. The second-order valence-electron chi connectivity index (χ2n) is 6.76. The summed E-state index contributed by atoms with van der Waals surface area (Å²) in [5.74, 6) is 0.160. The number of hydrogen-bond acceptors (Lipinski definition) is 2. The Labute approximate surface area is 116 Å². The molecule has 19 heavy (non-hydrogen) atoms. The quantitative estimate of drug-likeness (QED) is 0.862. The zero-order chi connectivity index (χ0) is 14.3. The van der Waals surface area contributed by atoms with Crippen molar-refractivity contribution in [3.8, 4) is 0 Å². The van der Waals surface area contributed by atoms with Gasteiger partial charge in [-0.25, -0.2) is 0 Å². The standard InChI is InChI=1S/C16H25O2P/c1-12(2)14(17)11-19(18)10-9-16(3,4)13-7-5-6-8-15(13)19/h5-8,12,14,17H,9-11H2,1-4H3. The first-order valence-electron chi connectivity index (χ1n) is 7.12. The Morgan fingerprint density at radius 2 is 1.95 bits per heavy atom. The van der Waals surface area contributed by atoms with Crippen molar-refractivity contribution in [3.63, 3.8) is 0 Å². The van der Waals surface area contributed by atoms with E-state index in [0.29, 0.717) is 6.16 Å². The molecule has 0 fully saturated rings. The molecular weight excluding hydrogens is 255 g/mol. The van der Waals surface area contributed by atoms with Crippen LogP contribution in [0.3, 0.4) is 0 Å². The molecule has 0 radical (unpaired) electrons. The lowest BCUT2D eigenvalue weighted by molar-refractivity contribution is 0.147. The number of hydrogen-bond donors (Lipinski definition) is 1. The van der Waals surface area contributed by atoms with Crippen LogP contribution in [0.1, 0.15) is 39.7 Å². The molecule has 0 aromatic heterocycles. The topological polar surface area (TPSA) is 37.3 Å². The molecule has 0 saturated carbocycles. The highest BCUT2D eigenvalue weighted by Crippen LogP contribution is 2.53. The zero-order valence-corrected chi connectivity index (χ0v) is 13.3. The Morgan fingerprint density at radius 1 is 1.32 bits per heavy atom. The molecule has 0 saturated heterocycles. The molecular formula is C16H25O2P. The van der Waals surface area contributed by atoms with Crippen LogP contribution in [0.4, 0.5) is 0 Å². The first-order valence-corrected chi connectivity index (χ1v) is 9.20. The maximum atomic E-state index is 13.3. The van der Waals surface area contributed by atoms with Crippen LogP contribution < -0.4 is 5.30 Å². The van der Waals surface area contributed by atoms with E-state index in [0.717, 1.165) is 17.9 Å². The minimum atomic E-state index is -2.44. The Kier molecular flexibility index (Phi) is 3.95. The maximum absolute atomic E-state index is 13.3. The van der Waals surface area contributed by atoms with E-state index in [2.05, 4.69) is 19.9 Å². The van der Waals surface area contributed by atoms with Gasteiger partial charge in [-0.2, -0.15) is 0 Å². The van der Waals surface area contributed by atoms with E-state index < -0.39 is 13.2 Å². The summed E-state index contributed by atoms with van der Waals surface area (Å²) in [4.78, 5) is 0. The minimum absolute atomic E-state index is 0.0906. The number of aliphatic hydroxyl groups is 1. The molecule has 2 unspecified atom stereocenters. The van der Waals surface area contributed by atoms with Crippen LogP contribution in [0.15, 0.2) is 24.3 Å². The lowest BCUT2D eigenvalue weighted by atomic mass is 9.82. The molecule has 0 amide bonds. The predicted octanol–water partition coefficient (Wildman–Crippen LogP) is 3.37. The lowest BCUT2D eigenvalue weighted by Gasteiger charge is -2.38. The molecule has 0 aliphatic carbocycles. The molecule has 0 spiro atoms. The van der Waals surface area contributed by atoms with E-state index in [4.69, 9.17) is 0 Å². The van der Waals surface area contributed by atoms with Gasteiger partial charge < -0.3 is 9.67 Å². The van der Waals surface area contributed by atoms with Gasteiger partial charge in [0.25, 0.3) is 0 Å². The number of rotatable bonds is 3. The summed E-state index contributed by atoms with van der Waals surface area (Å²) in [5.41, 5.74) is 1.30. The van der Waals surface area contributed by atoms with Crippen LogP contribution in [0.2, 0.25) is 0 Å². The van der Waals surface area contributed by atoms with Crippen LogP contribution >= 0.6 is 7.14 Å². The number of fused-ring (bicyclic) bond motifs is 1. The third-order valence-electron chi connectivity index (χ3n) is 4.42. The fraction of sp³-hybridized carbons (Fsp3) is 0.625. The van der Waals surface area contributed by atoms with Gasteiger partial charge in [-0.1, -0.05) is 52.0 Å². The molecule has 1 aromatic rings. The SMILES string of the molecule is CC(C)C(O)CP1(=O)CCC(C)(C)c2ccccc21. The summed E-state index contributed by atoms with van der Waals surface area (Å²) >= 11 is 0. The Balaban J connectivity index is 2.42. The van der Waals surface area contributed by atoms with Crippen molar-refractivity contribution in [2.24, 2.45) is 5.92 Å². The van der Waals surface area contributed by atoms with E-state index in [1.807, 2.05) is 32.0 Å². The summed E-state index contributed by atoms with van der Waals surface area (Å²) in [7, 11) is -2.44. The van der Waals surface area contributed by atoms with Crippen molar-refractivity contribution in [2.75, 3.05) is 12.3 Å². The summed E-state index contributed by atoms with van der Waals surface area (Å²) in [6.45, 7) is 8.40. The van der Waals surface area contributed by atoms with Crippen LogP contribution in [0, 0.1) is 5.92 Å². The molecule has 1 aliphatic heterocycles. The van der Waals surface area contributed by atoms with Gasteiger partial charge in [-0.15, -0.1) is 0 Å². The summed E-state index contributed by atoms with van der Waals surface area (Å²) < 4.78 is 13.3. The van der Waals surface area contributed by atoms with Gasteiger partial charge in [0.05, 0.1) is 6.10 Å². The normalized spacial score (nSPS) is 27.1. The van der Waals surface area contributed by atoms with Crippen molar-refractivity contribution in [1.82, 2.24) is 0 Å². The third-order valence-corrected chi connectivity index (χ3v) is 7.60. The van der Waals surface area contributed by atoms with E-state index >= 15 is 0 Å². The van der Waals surface area contributed by atoms with Gasteiger partial charge in [0.15, 0.2) is 0 Å². The summed E-state index contributed by atoms with van der Waals surface area (Å²) in [6, 6.07) is 8.09. The van der Waals surface area contributed by atoms with Crippen molar-refractivity contribution >= 4 is 12.4 Å². The highest BCUT2D eigenvalue weighted by atomic mass is 31.2. The molecule has 1 N–H and O–H groups in total. The molecule has 2 rings (SSSR count). The average Bonchev–Trinajstić information content (AvgIpc) is 2.35. The molecule has 106 valence electrons. The van der Waals surface area contributed by atoms with Crippen LogP contribution in [-0.2, 0) is 9.98 Å². The second-order valence-corrected chi connectivity index (χ2v) is 9.83. The Bertz CT molecular complexity index is 505. The monoisotopic (exact) mass is 280 g/mol. The number of aliphatic hydroxyl groups excluding tert-OH is 1. The lowest BCUT2D eigenvalue weighted by Crippen LogP contribution is -2.36. The van der Waals surface area contributed by atoms with Gasteiger partial charge in [-0.05, 0) is 23.3 Å².